The first-order chi connectivity index (χ1) is 10.2. The third kappa shape index (κ3) is 10.5. The van der Waals surface area contributed by atoms with Crippen LogP contribution in [0.3, 0.4) is 0 Å². The minimum absolute atomic E-state index is 0.431. The van der Waals surface area contributed by atoms with Crippen LogP contribution in [-0.4, -0.2) is 34.0 Å². The third-order valence-corrected chi connectivity index (χ3v) is 3.74. The highest BCUT2D eigenvalue weighted by Crippen LogP contribution is 2.27. The number of nitrogens with one attached hydrogen (secondary N) is 1. The van der Waals surface area contributed by atoms with Crippen molar-refractivity contribution in [2.45, 2.75) is 39.5 Å². The van der Waals surface area contributed by atoms with Gasteiger partial charge >= 0.3 is 0 Å². The Morgan fingerprint density at radius 3 is 2.09 bits per heavy atom. The van der Waals surface area contributed by atoms with Gasteiger partial charge in [-0.15, -0.1) is 11.8 Å². The molecule has 0 spiro atoms. The molecule has 0 amide bonds. The van der Waals surface area contributed by atoms with E-state index in [-0.39, 0.29) is 0 Å². The maximum Gasteiger partial charge on any atom is 0.293 e. The number of rotatable bonds is 5. The van der Waals surface area contributed by atoms with Gasteiger partial charge in [0, 0.05) is 4.90 Å². The monoisotopic (exact) mass is 349 g/mol. The first kappa shape index (κ1) is 23.1. The fourth-order valence-electron chi connectivity index (χ4n) is 1.43. The van der Waals surface area contributed by atoms with E-state index in [1.54, 1.807) is 18.7 Å². The Labute approximate surface area is 138 Å². The van der Waals surface area contributed by atoms with E-state index in [0.29, 0.717) is 18.8 Å². The van der Waals surface area contributed by atoms with E-state index < -0.39 is 10.0 Å². The van der Waals surface area contributed by atoms with Gasteiger partial charge in [-0.1, -0.05) is 19.9 Å². The largest absolute Gasteiger partial charge is 0.468 e. The van der Waals surface area contributed by atoms with E-state index in [4.69, 9.17) is 0 Å². The molecule has 1 rings (SSSR count). The van der Waals surface area contributed by atoms with Crippen LogP contribution in [0.2, 0.25) is 0 Å². The number of sulfonamides is 1. The molecular formula is C15H27NO4S2. The smallest absolute Gasteiger partial charge is 0.293 e. The van der Waals surface area contributed by atoms with Gasteiger partial charge in [0.05, 0.1) is 18.6 Å². The van der Waals surface area contributed by atoms with Crippen LogP contribution in [-0.2, 0) is 19.6 Å². The maximum absolute atomic E-state index is 11.1. The lowest BCUT2D eigenvalue weighted by Gasteiger charge is -2.11. The number of aryl methyl sites for hydroxylation is 2. The predicted octanol–water partition coefficient (Wildman–Crippen LogP) is 3.60. The summed E-state index contributed by atoms with van der Waals surface area (Å²) in [4.78, 5) is 10.3. The molecule has 1 aromatic rings. The first-order valence-corrected chi connectivity index (χ1v) is 10.0. The lowest BCUT2D eigenvalue weighted by molar-refractivity contribution is -0.128. The Hall–Kier alpha value is -1.21. The Kier molecular flexibility index (Phi) is 12.9. The van der Waals surface area contributed by atoms with E-state index in [1.165, 1.54) is 5.56 Å². The Morgan fingerprint density at radius 2 is 1.77 bits per heavy atom. The fourth-order valence-corrected chi connectivity index (χ4v) is 2.67. The van der Waals surface area contributed by atoms with Crippen LogP contribution in [0.4, 0.5) is 5.69 Å². The van der Waals surface area contributed by atoms with Crippen molar-refractivity contribution in [3.8, 4) is 0 Å². The van der Waals surface area contributed by atoms with Gasteiger partial charge in [0.15, 0.2) is 0 Å². The topological polar surface area (TPSA) is 72.5 Å². The second kappa shape index (κ2) is 12.3. The van der Waals surface area contributed by atoms with E-state index in [2.05, 4.69) is 9.46 Å². The molecule has 0 atom stereocenters. The molecule has 1 aromatic carbocycles. The summed E-state index contributed by atoms with van der Waals surface area (Å²) in [7, 11) is -3.20. The van der Waals surface area contributed by atoms with E-state index in [1.807, 2.05) is 46.1 Å². The predicted molar refractivity (Wildman–Crippen MR) is 95.2 cm³/mol. The second-order valence-corrected chi connectivity index (χ2v) is 6.66. The van der Waals surface area contributed by atoms with Gasteiger partial charge in [-0.3, -0.25) is 9.52 Å². The molecule has 0 aliphatic heterocycles. The van der Waals surface area contributed by atoms with Crippen molar-refractivity contribution in [2.24, 2.45) is 0 Å². The van der Waals surface area contributed by atoms with Gasteiger partial charge in [0.25, 0.3) is 6.47 Å². The number of hydrogen-bond acceptors (Lipinski definition) is 5. The molecule has 22 heavy (non-hydrogen) atoms. The van der Waals surface area contributed by atoms with Crippen molar-refractivity contribution in [3.63, 3.8) is 0 Å². The number of ether oxygens (including phenoxy) is 1. The number of carbonyl (C=O) groups is 1. The van der Waals surface area contributed by atoms with Gasteiger partial charge in [0.2, 0.25) is 10.0 Å². The molecule has 128 valence electrons. The van der Waals surface area contributed by atoms with Crippen molar-refractivity contribution >= 4 is 33.9 Å². The lowest BCUT2D eigenvalue weighted by Crippen LogP contribution is -2.10. The van der Waals surface area contributed by atoms with Crippen LogP contribution < -0.4 is 4.72 Å². The summed E-state index contributed by atoms with van der Waals surface area (Å²) in [6.07, 6.45) is 3.13. The molecule has 0 radical (unpaired) electrons. The number of benzene rings is 1. The number of thioether (sulfide) groups is 1. The van der Waals surface area contributed by atoms with Gasteiger partial charge in [-0.2, -0.15) is 0 Å². The molecule has 0 aliphatic carbocycles. The van der Waals surface area contributed by atoms with Gasteiger partial charge in [-0.25, -0.2) is 8.42 Å². The molecule has 0 fully saturated rings. The van der Waals surface area contributed by atoms with E-state index in [0.717, 1.165) is 16.7 Å². The van der Waals surface area contributed by atoms with E-state index in [9.17, 15) is 13.2 Å². The van der Waals surface area contributed by atoms with Crippen LogP contribution in [0.25, 0.3) is 0 Å². The Bertz CT molecular complexity index is 543. The highest BCUT2D eigenvalue weighted by molar-refractivity contribution is 7.98. The van der Waals surface area contributed by atoms with Crippen molar-refractivity contribution in [1.29, 1.82) is 0 Å². The standard InChI is InChI=1S/C10H15NO2S2.C3H6O2.C2H6/c1-7-5-8(2)10(14-3)6-9(7)11-15(4,12)13;1-2-5-3-4;1-2/h5-6,11H,1-4H3;3H,2H2,1H3;1-2H3. The summed E-state index contributed by atoms with van der Waals surface area (Å²) in [5.41, 5.74) is 2.77. The summed E-state index contributed by atoms with van der Waals surface area (Å²) in [6.45, 7) is 10.6. The van der Waals surface area contributed by atoms with Gasteiger partial charge in [0.1, 0.15) is 0 Å². The lowest BCUT2D eigenvalue weighted by atomic mass is 10.1. The number of carbonyl (C=O) groups excluding carboxylic acids is 1. The molecule has 0 heterocycles. The zero-order valence-corrected chi connectivity index (χ0v) is 16.0. The minimum atomic E-state index is -3.20. The highest BCUT2D eigenvalue weighted by atomic mass is 32.2. The van der Waals surface area contributed by atoms with Crippen LogP contribution in [0, 0.1) is 13.8 Å². The quantitative estimate of drug-likeness (QED) is 0.649. The number of anilines is 1. The average Bonchev–Trinajstić information content (AvgIpc) is 2.44. The summed E-state index contributed by atoms with van der Waals surface area (Å²) >= 11 is 1.61. The molecular weight excluding hydrogens is 322 g/mol. The molecule has 7 heteroatoms. The highest BCUT2D eigenvalue weighted by Gasteiger charge is 2.07. The average molecular weight is 350 g/mol. The molecule has 0 saturated carbocycles. The maximum atomic E-state index is 11.1. The molecule has 1 N–H and O–H groups in total. The SMILES string of the molecule is CC.CCOC=O.CSc1cc(NS(C)(=O)=O)c(C)cc1C. The van der Waals surface area contributed by atoms with Crippen LogP contribution in [0.1, 0.15) is 31.9 Å². The van der Waals surface area contributed by atoms with Crippen LogP contribution in [0.15, 0.2) is 17.0 Å². The summed E-state index contributed by atoms with van der Waals surface area (Å²) in [5, 5.41) is 0. The van der Waals surface area contributed by atoms with Gasteiger partial charge < -0.3 is 4.74 Å². The molecule has 0 saturated heterocycles. The van der Waals surface area contributed by atoms with Gasteiger partial charge in [-0.05, 0) is 44.2 Å². The van der Waals surface area contributed by atoms with Crippen molar-refractivity contribution in [3.05, 3.63) is 23.3 Å². The molecule has 0 unspecified atom stereocenters. The zero-order valence-electron chi connectivity index (χ0n) is 14.4. The Morgan fingerprint density at radius 1 is 1.23 bits per heavy atom. The van der Waals surface area contributed by atoms with Crippen molar-refractivity contribution in [2.75, 3.05) is 23.8 Å². The number of hydrogen-bond donors (Lipinski definition) is 1. The zero-order chi connectivity index (χ0) is 17.8. The van der Waals surface area contributed by atoms with E-state index >= 15 is 0 Å². The first-order valence-electron chi connectivity index (χ1n) is 6.93. The Balaban J connectivity index is 0. The van der Waals surface area contributed by atoms with Crippen molar-refractivity contribution in [1.82, 2.24) is 0 Å². The summed E-state index contributed by atoms with van der Waals surface area (Å²) < 4.78 is 28.9. The minimum Gasteiger partial charge on any atom is -0.468 e. The summed E-state index contributed by atoms with van der Waals surface area (Å²) in [6, 6.07) is 3.86. The molecule has 0 bridgehead atoms. The second-order valence-electron chi connectivity index (χ2n) is 4.06. The molecule has 0 aromatic heterocycles. The fraction of sp³-hybridized carbons (Fsp3) is 0.533. The summed E-state index contributed by atoms with van der Waals surface area (Å²) in [5.74, 6) is 0. The van der Waals surface area contributed by atoms with Crippen LogP contribution >= 0.6 is 11.8 Å². The molecule has 0 aliphatic rings. The van der Waals surface area contributed by atoms with Crippen molar-refractivity contribution < 1.29 is 17.9 Å². The van der Waals surface area contributed by atoms with Crippen LogP contribution in [0.5, 0.6) is 0 Å². The third-order valence-electron chi connectivity index (χ3n) is 2.27. The normalized spacial score (nSPS) is 9.59. The molecule has 5 nitrogen and oxygen atoms in total.